The Balaban J connectivity index is 1.49. The van der Waals surface area contributed by atoms with Crippen LogP contribution in [0.25, 0.3) is 0 Å². The first-order valence-electron chi connectivity index (χ1n) is 13.9. The number of Topliss-reactive ketones (excluding diaryl/α,β-unsaturated/α-hetero) is 1. The van der Waals surface area contributed by atoms with Crippen LogP contribution in [0.2, 0.25) is 0 Å². The third kappa shape index (κ3) is 12.2. The highest BCUT2D eigenvalue weighted by molar-refractivity contribution is 7.92. The highest BCUT2D eigenvalue weighted by atomic mass is 32.2. The predicted octanol–water partition coefficient (Wildman–Crippen LogP) is 0.253. The van der Waals surface area contributed by atoms with Crippen LogP contribution in [-0.4, -0.2) is 108 Å². The molecule has 1 fully saturated rings. The van der Waals surface area contributed by atoms with Crippen molar-refractivity contribution >= 4 is 62.5 Å². The van der Waals surface area contributed by atoms with E-state index in [1.807, 2.05) is 25.7 Å². The van der Waals surface area contributed by atoms with Gasteiger partial charge in [-0.15, -0.1) is 14.6 Å². The lowest BCUT2D eigenvalue weighted by Gasteiger charge is -2.28. The van der Waals surface area contributed by atoms with Crippen molar-refractivity contribution in [1.29, 1.82) is 0 Å². The van der Waals surface area contributed by atoms with Gasteiger partial charge in [-0.2, -0.15) is 12.8 Å². The summed E-state index contributed by atoms with van der Waals surface area (Å²) in [6, 6.07) is 0. The second kappa shape index (κ2) is 16.3. The molecule has 0 bridgehead atoms. The Bertz CT molecular complexity index is 1430. The Labute approximate surface area is 268 Å². The minimum Gasteiger partial charge on any atom is -0.470 e. The molecule has 1 amide bonds. The second-order valence-electron chi connectivity index (χ2n) is 11.0. The molecule has 45 heavy (non-hydrogen) atoms. The van der Waals surface area contributed by atoms with Crippen LogP contribution in [0.5, 0.6) is 5.88 Å². The summed E-state index contributed by atoms with van der Waals surface area (Å²) in [6.45, 7) is 11.0. The van der Waals surface area contributed by atoms with Gasteiger partial charge in [0.2, 0.25) is 11.7 Å². The van der Waals surface area contributed by atoms with Crippen molar-refractivity contribution in [1.82, 2.24) is 29.0 Å². The average molecular weight is 692 g/mol. The van der Waals surface area contributed by atoms with Crippen LogP contribution in [0.4, 0.5) is 5.82 Å². The Morgan fingerprint density at radius 1 is 1.07 bits per heavy atom. The van der Waals surface area contributed by atoms with Gasteiger partial charge in [0.05, 0.1) is 37.8 Å². The van der Waals surface area contributed by atoms with E-state index in [0.29, 0.717) is 49.3 Å². The number of nitrogens with zero attached hydrogens (tertiary/aromatic N) is 5. The van der Waals surface area contributed by atoms with Gasteiger partial charge in [0.15, 0.2) is 6.10 Å². The number of ketones is 1. The van der Waals surface area contributed by atoms with E-state index in [9.17, 15) is 27.6 Å². The van der Waals surface area contributed by atoms with Crippen molar-refractivity contribution in [3.63, 3.8) is 0 Å². The van der Waals surface area contributed by atoms with Gasteiger partial charge in [-0.1, -0.05) is 11.3 Å². The van der Waals surface area contributed by atoms with Gasteiger partial charge < -0.3 is 29.2 Å². The van der Waals surface area contributed by atoms with Crippen LogP contribution in [-0.2, 0) is 49.8 Å². The summed E-state index contributed by atoms with van der Waals surface area (Å²) in [5, 5.41) is 10.5. The van der Waals surface area contributed by atoms with Crippen molar-refractivity contribution in [2.24, 2.45) is 0 Å². The first-order valence-corrected chi connectivity index (χ1v) is 17.0. The lowest BCUT2D eigenvalue weighted by Crippen LogP contribution is -2.45. The van der Waals surface area contributed by atoms with Gasteiger partial charge >= 0.3 is 11.9 Å². The maximum atomic E-state index is 12.8. The first kappa shape index (κ1) is 36.1. The number of nitrogens with one attached hydrogen (secondary N) is 2. The van der Waals surface area contributed by atoms with E-state index in [-0.39, 0.29) is 35.9 Å². The molecular weight excluding hydrogens is 655 g/mol. The molecule has 20 heteroatoms. The number of ether oxygens (including phenoxy) is 4. The van der Waals surface area contributed by atoms with E-state index in [1.165, 1.54) is 13.8 Å². The Morgan fingerprint density at radius 2 is 1.78 bits per heavy atom. The molecule has 1 aliphatic rings. The first-order chi connectivity index (χ1) is 21.1. The third-order valence-corrected chi connectivity index (χ3v) is 8.99. The number of aromatic nitrogens is 4. The van der Waals surface area contributed by atoms with Crippen LogP contribution >= 0.6 is 23.1 Å². The zero-order valence-electron chi connectivity index (χ0n) is 25.6. The second-order valence-corrected chi connectivity index (χ2v) is 14.4. The van der Waals surface area contributed by atoms with E-state index >= 15 is 0 Å². The number of carbonyl (C=O) groups is 4. The fourth-order valence-electron chi connectivity index (χ4n) is 3.62. The number of hydrogen-bond donors (Lipinski definition) is 2. The highest BCUT2D eigenvalue weighted by Crippen LogP contribution is 2.26. The lowest BCUT2D eigenvalue weighted by atomic mass is 10.1. The van der Waals surface area contributed by atoms with E-state index in [1.54, 1.807) is 4.72 Å². The summed E-state index contributed by atoms with van der Waals surface area (Å²) in [6.07, 6.45) is -3.26. The maximum absolute atomic E-state index is 12.8. The SMILES string of the molecule is CC(=O)Cc1nnc(S(=O)(=O)NC(=O)CCC(=O)OC(C)C(=O)OC(CNC(C)(C)C)COc2nsnc2N2CCOCC2)s1. The van der Waals surface area contributed by atoms with E-state index in [2.05, 4.69) is 24.3 Å². The molecule has 3 rings (SSSR count). The number of hydrogen-bond acceptors (Lipinski definition) is 18. The van der Waals surface area contributed by atoms with E-state index < -0.39 is 57.3 Å². The fourth-order valence-corrected chi connectivity index (χ4v) is 6.27. The maximum Gasteiger partial charge on any atom is 0.347 e. The number of sulfonamides is 1. The fraction of sp³-hybridized carbons (Fsp3) is 0.680. The van der Waals surface area contributed by atoms with Gasteiger partial charge in [0.25, 0.3) is 20.2 Å². The molecule has 250 valence electrons. The zero-order chi connectivity index (χ0) is 33.2. The minimum absolute atomic E-state index is 0.0578. The summed E-state index contributed by atoms with van der Waals surface area (Å²) >= 11 is 1.65. The predicted molar refractivity (Wildman–Crippen MR) is 160 cm³/mol. The summed E-state index contributed by atoms with van der Waals surface area (Å²) in [4.78, 5) is 50.6. The topological polar surface area (TPSA) is 218 Å². The normalized spacial score (nSPS) is 15.2. The summed E-state index contributed by atoms with van der Waals surface area (Å²) in [5.41, 5.74) is -0.301. The van der Waals surface area contributed by atoms with Gasteiger partial charge in [0.1, 0.15) is 23.5 Å². The molecule has 17 nitrogen and oxygen atoms in total. The summed E-state index contributed by atoms with van der Waals surface area (Å²) in [5.74, 6) is -2.10. The summed E-state index contributed by atoms with van der Waals surface area (Å²) in [7, 11) is -4.35. The van der Waals surface area contributed by atoms with Gasteiger partial charge in [-0.05, 0) is 34.6 Å². The number of esters is 2. The molecule has 0 aliphatic carbocycles. The van der Waals surface area contributed by atoms with Crippen LogP contribution in [0.3, 0.4) is 0 Å². The number of anilines is 1. The van der Waals surface area contributed by atoms with Gasteiger partial charge in [-0.25, -0.2) is 9.52 Å². The quantitative estimate of drug-likeness (QED) is 0.225. The molecule has 2 unspecified atom stereocenters. The molecule has 0 saturated carbocycles. The highest BCUT2D eigenvalue weighted by Gasteiger charge is 2.28. The van der Waals surface area contributed by atoms with Gasteiger partial charge in [0, 0.05) is 31.6 Å². The Hall–Kier alpha value is -3.33. The van der Waals surface area contributed by atoms with Gasteiger partial charge in [-0.3, -0.25) is 14.4 Å². The average Bonchev–Trinajstić information content (AvgIpc) is 3.63. The zero-order valence-corrected chi connectivity index (χ0v) is 28.0. The molecule has 2 aromatic heterocycles. The number of morpholine rings is 1. The molecule has 2 N–H and O–H groups in total. The Morgan fingerprint density at radius 3 is 2.44 bits per heavy atom. The van der Waals surface area contributed by atoms with E-state index in [0.717, 1.165) is 11.7 Å². The Kier molecular flexibility index (Phi) is 13.1. The number of amides is 1. The monoisotopic (exact) mass is 691 g/mol. The molecule has 2 atom stereocenters. The smallest absolute Gasteiger partial charge is 0.347 e. The molecule has 2 aromatic rings. The van der Waals surface area contributed by atoms with Crippen LogP contribution in [0.15, 0.2) is 4.34 Å². The van der Waals surface area contributed by atoms with Crippen molar-refractivity contribution in [2.45, 2.75) is 76.0 Å². The van der Waals surface area contributed by atoms with Crippen LogP contribution in [0, 0.1) is 0 Å². The molecule has 3 heterocycles. The molecule has 0 aromatic carbocycles. The molecule has 0 spiro atoms. The molecule has 1 saturated heterocycles. The molecular formula is C25H37N7O10S3. The largest absolute Gasteiger partial charge is 0.470 e. The van der Waals surface area contributed by atoms with Crippen molar-refractivity contribution in [3.8, 4) is 5.88 Å². The minimum atomic E-state index is -4.35. The molecule has 0 radical (unpaired) electrons. The lowest BCUT2D eigenvalue weighted by molar-refractivity contribution is -0.171. The van der Waals surface area contributed by atoms with Crippen LogP contribution < -0.4 is 19.7 Å². The van der Waals surface area contributed by atoms with Crippen LogP contribution in [0.1, 0.15) is 52.5 Å². The molecule has 1 aliphatic heterocycles. The van der Waals surface area contributed by atoms with E-state index in [4.69, 9.17) is 18.9 Å². The van der Waals surface area contributed by atoms with Crippen molar-refractivity contribution in [3.05, 3.63) is 5.01 Å². The number of carbonyl (C=O) groups excluding carboxylic acids is 4. The van der Waals surface area contributed by atoms with Crippen molar-refractivity contribution in [2.75, 3.05) is 44.4 Å². The standard InChI is InChI=1S/C25H37N7O10S3/c1-15(33)12-19-27-28-24(43-19)45(37,38)31-18(34)6-7-20(35)41-16(2)23(36)42-17(13-26-25(3,4)5)14-40-22-21(29-44-30-22)32-8-10-39-11-9-32/h16-17,26H,6-14H2,1-5H3,(H,31,34). The third-order valence-electron chi connectivity index (χ3n) is 5.82. The summed E-state index contributed by atoms with van der Waals surface area (Å²) < 4.78 is 56.6. The van der Waals surface area contributed by atoms with Crippen molar-refractivity contribution < 1.29 is 46.5 Å². The number of rotatable bonds is 16.